The quantitative estimate of drug-likeness (QED) is 0.647. The van der Waals surface area contributed by atoms with Gasteiger partial charge in [0.1, 0.15) is 11.6 Å². The van der Waals surface area contributed by atoms with E-state index in [1.165, 1.54) is 13.1 Å². The number of nitrogens with zero attached hydrogens (tertiary/aromatic N) is 3. The van der Waals surface area contributed by atoms with E-state index in [1.54, 1.807) is 23.2 Å². The van der Waals surface area contributed by atoms with Crippen LogP contribution in [0.4, 0.5) is 17.3 Å². The molecule has 1 unspecified atom stereocenters. The lowest BCUT2D eigenvalue weighted by atomic mass is 9.90. The first-order valence-electron chi connectivity index (χ1n) is 10.4. The first-order valence-corrected chi connectivity index (χ1v) is 10.4. The Morgan fingerprint density at radius 2 is 1.94 bits per heavy atom. The number of nitrogens with one attached hydrogen (secondary N) is 2. The molecule has 0 bridgehead atoms. The summed E-state index contributed by atoms with van der Waals surface area (Å²) in [6.07, 6.45) is 5.42. The van der Waals surface area contributed by atoms with E-state index in [2.05, 4.69) is 27.5 Å². The van der Waals surface area contributed by atoms with E-state index >= 15 is 0 Å². The van der Waals surface area contributed by atoms with Gasteiger partial charge in [0.05, 0.1) is 17.9 Å². The van der Waals surface area contributed by atoms with Crippen molar-refractivity contribution < 1.29 is 14.4 Å². The van der Waals surface area contributed by atoms with Gasteiger partial charge in [-0.15, -0.1) is 0 Å². The number of nitrogens with two attached hydrogens (primary N) is 1. The van der Waals surface area contributed by atoms with Gasteiger partial charge in [-0.05, 0) is 48.4 Å². The van der Waals surface area contributed by atoms with Crippen molar-refractivity contribution in [3.8, 4) is 0 Å². The van der Waals surface area contributed by atoms with Crippen molar-refractivity contribution in [2.45, 2.75) is 46.1 Å². The molecular formula is C22H28N6O3. The van der Waals surface area contributed by atoms with Crippen LogP contribution in [-0.4, -0.2) is 39.1 Å². The molecule has 1 fully saturated rings. The fourth-order valence-electron chi connectivity index (χ4n) is 3.77. The van der Waals surface area contributed by atoms with E-state index in [-0.39, 0.29) is 17.9 Å². The van der Waals surface area contributed by atoms with Gasteiger partial charge >= 0.3 is 11.8 Å². The molecular weight excluding hydrogens is 396 g/mol. The minimum absolute atomic E-state index is 0.205. The average molecular weight is 425 g/mol. The van der Waals surface area contributed by atoms with E-state index in [0.29, 0.717) is 30.3 Å². The Hall–Kier alpha value is -3.49. The van der Waals surface area contributed by atoms with Crippen molar-refractivity contribution in [2.24, 2.45) is 5.92 Å². The predicted molar refractivity (Wildman–Crippen MR) is 118 cm³/mol. The van der Waals surface area contributed by atoms with Gasteiger partial charge in [-0.1, -0.05) is 19.9 Å². The molecule has 9 nitrogen and oxygen atoms in total. The van der Waals surface area contributed by atoms with Crippen LogP contribution in [0.5, 0.6) is 0 Å². The molecule has 164 valence electrons. The number of amides is 3. The van der Waals surface area contributed by atoms with Crippen molar-refractivity contribution in [1.82, 2.24) is 14.9 Å². The second-order valence-electron chi connectivity index (χ2n) is 7.89. The van der Waals surface area contributed by atoms with Crippen LogP contribution in [0.25, 0.3) is 0 Å². The number of hydrogen-bond acceptors (Lipinski definition) is 6. The third kappa shape index (κ3) is 5.36. The summed E-state index contributed by atoms with van der Waals surface area (Å²) in [6.45, 7) is 5.89. The highest BCUT2D eigenvalue weighted by atomic mass is 16.2. The lowest BCUT2D eigenvalue weighted by Crippen LogP contribution is -2.46. The van der Waals surface area contributed by atoms with Gasteiger partial charge in [0.2, 0.25) is 5.91 Å². The second kappa shape index (κ2) is 9.55. The molecule has 0 aromatic carbocycles. The largest absolute Gasteiger partial charge is 0.383 e. The number of hydrogen-bond donors (Lipinski definition) is 3. The van der Waals surface area contributed by atoms with E-state index in [1.807, 2.05) is 13.0 Å². The van der Waals surface area contributed by atoms with Gasteiger partial charge < -0.3 is 21.3 Å². The SMILES string of the molecule is CCc1cc(NC(=O)C(=O)N2C[C@@H](C)CCC2c2ccc(NC(C)=O)nc2)cnc1N. The Kier molecular flexibility index (Phi) is 6.84. The number of pyridine rings is 2. The van der Waals surface area contributed by atoms with Crippen LogP contribution < -0.4 is 16.4 Å². The Morgan fingerprint density at radius 1 is 1.16 bits per heavy atom. The number of likely N-dealkylation sites (tertiary alicyclic amines) is 1. The summed E-state index contributed by atoms with van der Waals surface area (Å²) >= 11 is 0. The molecule has 0 radical (unpaired) electrons. The molecule has 1 aliphatic heterocycles. The van der Waals surface area contributed by atoms with E-state index in [9.17, 15) is 14.4 Å². The average Bonchev–Trinajstić information content (AvgIpc) is 2.74. The van der Waals surface area contributed by atoms with E-state index in [4.69, 9.17) is 5.73 Å². The lowest BCUT2D eigenvalue weighted by Gasteiger charge is -2.38. The van der Waals surface area contributed by atoms with Crippen LogP contribution in [0.3, 0.4) is 0 Å². The van der Waals surface area contributed by atoms with Crippen molar-refractivity contribution in [3.63, 3.8) is 0 Å². The third-order valence-corrected chi connectivity index (χ3v) is 5.39. The highest BCUT2D eigenvalue weighted by Gasteiger charge is 2.34. The second-order valence-corrected chi connectivity index (χ2v) is 7.89. The van der Waals surface area contributed by atoms with Gasteiger partial charge in [0.15, 0.2) is 0 Å². The standard InChI is InChI=1S/C22H28N6O3/c1-4-15-9-17(11-25-20(15)23)27-21(30)22(31)28-12-13(2)5-7-18(28)16-6-8-19(24-10-16)26-14(3)29/h6,8-11,13,18H,4-5,7,12H2,1-3H3,(H2,23,25)(H,27,30)(H,24,26,29)/t13-,18?/m0/s1. The fourth-order valence-corrected chi connectivity index (χ4v) is 3.77. The first kappa shape index (κ1) is 22.2. The van der Waals surface area contributed by atoms with Crippen LogP contribution in [-0.2, 0) is 20.8 Å². The molecule has 0 spiro atoms. The summed E-state index contributed by atoms with van der Waals surface area (Å²) in [7, 11) is 0. The van der Waals surface area contributed by atoms with Crippen LogP contribution in [0.2, 0.25) is 0 Å². The molecule has 0 saturated carbocycles. The number of aromatic nitrogens is 2. The van der Waals surface area contributed by atoms with Crippen molar-refractivity contribution in [3.05, 3.63) is 41.7 Å². The molecule has 2 atom stereocenters. The van der Waals surface area contributed by atoms with Crippen LogP contribution >= 0.6 is 0 Å². The molecule has 9 heteroatoms. The molecule has 3 heterocycles. The van der Waals surface area contributed by atoms with E-state index in [0.717, 1.165) is 24.0 Å². The van der Waals surface area contributed by atoms with Gasteiger partial charge in [0, 0.05) is 19.7 Å². The number of carbonyl (C=O) groups is 3. The summed E-state index contributed by atoms with van der Waals surface area (Å²) in [6, 6.07) is 5.00. The van der Waals surface area contributed by atoms with Crippen LogP contribution in [0.15, 0.2) is 30.6 Å². The molecule has 1 aliphatic rings. The smallest absolute Gasteiger partial charge is 0.313 e. The number of anilines is 3. The predicted octanol–water partition coefficient (Wildman–Crippen LogP) is 2.52. The molecule has 4 N–H and O–H groups in total. The maximum absolute atomic E-state index is 13.1. The molecule has 1 saturated heterocycles. The van der Waals surface area contributed by atoms with Crippen molar-refractivity contribution in [1.29, 1.82) is 0 Å². The van der Waals surface area contributed by atoms with E-state index < -0.39 is 11.8 Å². The Morgan fingerprint density at radius 3 is 2.58 bits per heavy atom. The highest BCUT2D eigenvalue weighted by molar-refractivity contribution is 6.39. The van der Waals surface area contributed by atoms with Crippen molar-refractivity contribution in [2.75, 3.05) is 22.9 Å². The summed E-state index contributed by atoms with van der Waals surface area (Å²) in [5.74, 6) is -0.383. The summed E-state index contributed by atoms with van der Waals surface area (Å²) in [5.41, 5.74) is 7.88. The topological polar surface area (TPSA) is 130 Å². The van der Waals surface area contributed by atoms with Crippen molar-refractivity contribution >= 4 is 35.0 Å². The number of nitrogen functional groups attached to an aromatic ring is 1. The van der Waals surface area contributed by atoms with Gasteiger partial charge in [-0.2, -0.15) is 0 Å². The molecule has 0 aliphatic carbocycles. The lowest BCUT2D eigenvalue weighted by molar-refractivity contribution is -0.146. The number of carbonyl (C=O) groups excluding carboxylic acids is 3. The van der Waals surface area contributed by atoms with Crippen LogP contribution in [0.1, 0.15) is 50.8 Å². The molecule has 2 aromatic rings. The Labute approximate surface area is 181 Å². The van der Waals surface area contributed by atoms with Gasteiger partial charge in [0.25, 0.3) is 0 Å². The minimum Gasteiger partial charge on any atom is -0.383 e. The number of piperidine rings is 1. The number of aryl methyl sites for hydroxylation is 1. The zero-order valence-corrected chi connectivity index (χ0v) is 18.0. The first-order chi connectivity index (χ1) is 14.8. The summed E-state index contributed by atoms with van der Waals surface area (Å²) in [5, 5.41) is 5.27. The Balaban J connectivity index is 1.77. The fraction of sp³-hybridized carbons (Fsp3) is 0.409. The monoisotopic (exact) mass is 424 g/mol. The molecule has 3 rings (SSSR count). The normalized spacial score (nSPS) is 18.4. The number of rotatable bonds is 4. The molecule has 2 aromatic heterocycles. The molecule has 3 amide bonds. The zero-order valence-electron chi connectivity index (χ0n) is 18.0. The summed E-state index contributed by atoms with van der Waals surface area (Å²) in [4.78, 5) is 46.9. The Bertz CT molecular complexity index is 976. The summed E-state index contributed by atoms with van der Waals surface area (Å²) < 4.78 is 0. The highest BCUT2D eigenvalue weighted by Crippen LogP contribution is 2.33. The maximum atomic E-state index is 13.1. The van der Waals surface area contributed by atoms with Gasteiger partial charge in [-0.25, -0.2) is 9.97 Å². The van der Waals surface area contributed by atoms with Gasteiger partial charge in [-0.3, -0.25) is 14.4 Å². The maximum Gasteiger partial charge on any atom is 0.313 e. The minimum atomic E-state index is -0.712. The third-order valence-electron chi connectivity index (χ3n) is 5.39. The molecule has 31 heavy (non-hydrogen) atoms. The van der Waals surface area contributed by atoms with Crippen LogP contribution in [0, 0.1) is 5.92 Å². The zero-order chi connectivity index (χ0) is 22.5.